The second-order valence-electron chi connectivity index (χ2n) is 13.9. The number of hydrogen-bond donors (Lipinski definition) is 0. The van der Waals surface area contributed by atoms with Crippen LogP contribution < -0.4 is 0 Å². The minimum atomic E-state index is 0.591. The Balaban J connectivity index is 1.16. The summed E-state index contributed by atoms with van der Waals surface area (Å²) in [6.07, 6.45) is 0. The maximum absolute atomic E-state index is 6.64. The van der Waals surface area contributed by atoms with Crippen LogP contribution in [0.15, 0.2) is 221 Å². The highest BCUT2D eigenvalue weighted by Crippen LogP contribution is 2.41. The van der Waals surface area contributed by atoms with Crippen molar-refractivity contribution in [3.05, 3.63) is 235 Å². The van der Waals surface area contributed by atoms with E-state index in [1.807, 2.05) is 98.8 Å². The Morgan fingerprint density at radius 2 is 0.947 bits per heavy atom. The van der Waals surface area contributed by atoms with E-state index in [4.69, 9.17) is 19.4 Å². The van der Waals surface area contributed by atoms with Crippen molar-refractivity contribution in [3.63, 3.8) is 0 Å². The van der Waals surface area contributed by atoms with Crippen LogP contribution >= 0.6 is 0 Å². The first-order chi connectivity index (χ1) is 27.9. The normalized spacial score (nSPS) is 12.1. The van der Waals surface area contributed by atoms with Crippen LogP contribution in [0.5, 0.6) is 0 Å². The molecule has 0 aliphatic heterocycles. The Morgan fingerprint density at radius 3 is 1.60 bits per heavy atom. The highest BCUT2D eigenvalue weighted by Gasteiger charge is 2.19. The molecule has 1 heterocycles. The highest BCUT2D eigenvalue weighted by atomic mass is 16.3. The average Bonchev–Trinajstić information content (AvgIpc) is 3.64. The molecule has 0 saturated carbocycles. The van der Waals surface area contributed by atoms with E-state index in [0.717, 1.165) is 83.7 Å². The molecule has 7 aromatic carbocycles. The number of fused-ring (bicyclic) bond motifs is 1. The lowest BCUT2D eigenvalue weighted by atomic mass is 10.00. The molecule has 4 heteroatoms. The number of nitrogens with zero attached hydrogens (tertiary/aromatic N) is 3. The molecule has 274 valence electrons. The van der Waals surface area contributed by atoms with Gasteiger partial charge in [0.2, 0.25) is 0 Å². The van der Waals surface area contributed by atoms with Gasteiger partial charge in [-0.3, -0.25) is 0 Å². The largest absolute Gasteiger partial charge is 0.454 e. The van der Waals surface area contributed by atoms with E-state index < -0.39 is 0 Å². The van der Waals surface area contributed by atoms with Gasteiger partial charge in [-0.25, -0.2) is 15.0 Å². The van der Waals surface area contributed by atoms with Crippen LogP contribution in [0.25, 0.3) is 44.5 Å². The van der Waals surface area contributed by atoms with Gasteiger partial charge >= 0.3 is 0 Å². The second kappa shape index (κ2) is 16.5. The number of rotatable bonds is 10. The Labute approximate surface area is 334 Å². The molecule has 0 unspecified atom stereocenters. The molecule has 8 rings (SSSR count). The quantitative estimate of drug-likeness (QED) is 0.102. The van der Waals surface area contributed by atoms with Crippen LogP contribution in [-0.2, 0) is 0 Å². The summed E-state index contributed by atoms with van der Waals surface area (Å²) in [4.78, 5) is 15.3. The van der Waals surface area contributed by atoms with Gasteiger partial charge in [0, 0.05) is 33.5 Å². The van der Waals surface area contributed by atoms with Gasteiger partial charge in [-0.1, -0.05) is 183 Å². The molecule has 0 bridgehead atoms. The van der Waals surface area contributed by atoms with E-state index in [1.165, 1.54) is 0 Å². The Bertz CT molecular complexity index is 2790. The lowest BCUT2D eigenvalue weighted by molar-refractivity contribution is 0.601. The number of aliphatic imine (C=N–C) groups is 3. The topological polar surface area (TPSA) is 50.2 Å². The van der Waals surface area contributed by atoms with E-state index in [-0.39, 0.29) is 0 Å². The predicted molar refractivity (Wildman–Crippen MR) is 241 cm³/mol. The van der Waals surface area contributed by atoms with E-state index >= 15 is 0 Å². The fourth-order valence-electron chi connectivity index (χ4n) is 6.83. The SMILES string of the molecule is C=C(N=C(N=C(C)c1ccccc1)c1ccc(-c2ccccc2)cc1)c1cccc(-c2ccc3c(N=C(C)c4ccccc4)c(C(=C)c4ccccc4)oc3c2)c1. The maximum atomic E-state index is 6.64. The molecule has 0 aliphatic carbocycles. The van der Waals surface area contributed by atoms with E-state index in [1.54, 1.807) is 0 Å². The Hall–Kier alpha value is -7.43. The molecular weight excluding hydrogens is 695 g/mol. The molecule has 4 nitrogen and oxygen atoms in total. The number of furan rings is 1. The summed E-state index contributed by atoms with van der Waals surface area (Å²) in [7, 11) is 0. The number of amidine groups is 1. The minimum absolute atomic E-state index is 0.591. The van der Waals surface area contributed by atoms with E-state index in [9.17, 15) is 0 Å². The first-order valence-corrected chi connectivity index (χ1v) is 19.0. The minimum Gasteiger partial charge on any atom is -0.454 e. The first kappa shape index (κ1) is 36.5. The van der Waals surface area contributed by atoms with Crippen LogP contribution in [-0.4, -0.2) is 17.3 Å². The molecule has 0 N–H and O–H groups in total. The van der Waals surface area contributed by atoms with Crippen molar-refractivity contribution >= 4 is 45.2 Å². The second-order valence-corrected chi connectivity index (χ2v) is 13.9. The van der Waals surface area contributed by atoms with Crippen LogP contribution in [0.4, 0.5) is 5.69 Å². The Morgan fingerprint density at radius 1 is 0.439 bits per heavy atom. The lowest BCUT2D eigenvalue weighted by Gasteiger charge is -2.10. The smallest absolute Gasteiger partial charge is 0.161 e. The summed E-state index contributed by atoms with van der Waals surface area (Å²) < 4.78 is 6.64. The lowest BCUT2D eigenvalue weighted by Crippen LogP contribution is -2.04. The summed E-state index contributed by atoms with van der Waals surface area (Å²) in [6, 6.07) is 63.7. The van der Waals surface area contributed by atoms with Crippen molar-refractivity contribution in [1.29, 1.82) is 0 Å². The molecule has 8 aromatic rings. The molecule has 0 amide bonds. The standard InChI is InChI=1S/C53H41N3O/c1-36(40-18-9-5-10-19-40)52-51(54-37(2)41-20-11-6-12-21-41)49-33-32-48(35-50(49)57-52)47-27-17-26-46(34-47)39(4)56-53(55-38(3)42-22-13-7-14-23-42)45-30-28-44(29-31-45)43-24-15-8-16-25-43/h5-35H,1,4H2,2-3H3. The molecular formula is C53H41N3O. The third kappa shape index (κ3) is 8.17. The molecule has 0 spiro atoms. The zero-order valence-electron chi connectivity index (χ0n) is 32.1. The summed E-state index contributed by atoms with van der Waals surface area (Å²) in [5.41, 5.74) is 13.8. The van der Waals surface area contributed by atoms with Gasteiger partial charge in [-0.2, -0.15) is 0 Å². The van der Waals surface area contributed by atoms with Gasteiger partial charge in [0.15, 0.2) is 11.6 Å². The van der Waals surface area contributed by atoms with Crippen molar-refractivity contribution in [3.8, 4) is 22.3 Å². The predicted octanol–water partition coefficient (Wildman–Crippen LogP) is 13.9. The van der Waals surface area contributed by atoms with Gasteiger partial charge < -0.3 is 4.42 Å². The number of benzene rings is 7. The molecule has 1 aromatic heterocycles. The third-order valence-corrected chi connectivity index (χ3v) is 10.0. The fraction of sp³-hybridized carbons (Fsp3) is 0.0377. The van der Waals surface area contributed by atoms with Crippen molar-refractivity contribution < 1.29 is 4.42 Å². The highest BCUT2D eigenvalue weighted by molar-refractivity contribution is 6.13. The molecule has 0 aliphatic rings. The molecule has 57 heavy (non-hydrogen) atoms. The third-order valence-electron chi connectivity index (χ3n) is 10.0. The van der Waals surface area contributed by atoms with Crippen LogP contribution in [0.2, 0.25) is 0 Å². The van der Waals surface area contributed by atoms with Gasteiger partial charge in [-0.15, -0.1) is 0 Å². The van der Waals surface area contributed by atoms with Crippen molar-refractivity contribution in [2.24, 2.45) is 15.0 Å². The van der Waals surface area contributed by atoms with Crippen LogP contribution in [0.3, 0.4) is 0 Å². The summed E-state index contributed by atoms with van der Waals surface area (Å²) in [5.74, 6) is 1.24. The Kier molecular flexibility index (Phi) is 10.6. The van der Waals surface area contributed by atoms with Crippen molar-refractivity contribution in [2.75, 3.05) is 0 Å². The van der Waals surface area contributed by atoms with E-state index in [0.29, 0.717) is 17.3 Å². The molecule has 0 saturated heterocycles. The zero-order chi connectivity index (χ0) is 39.1. The summed E-state index contributed by atoms with van der Waals surface area (Å²) in [6.45, 7) is 12.9. The average molecular weight is 736 g/mol. The van der Waals surface area contributed by atoms with Gasteiger partial charge in [0.1, 0.15) is 11.3 Å². The molecule has 0 radical (unpaired) electrons. The van der Waals surface area contributed by atoms with Crippen LogP contribution in [0.1, 0.15) is 47.4 Å². The van der Waals surface area contributed by atoms with E-state index in [2.05, 4.69) is 116 Å². The fourth-order valence-corrected chi connectivity index (χ4v) is 6.83. The monoisotopic (exact) mass is 735 g/mol. The van der Waals surface area contributed by atoms with Crippen molar-refractivity contribution in [1.82, 2.24) is 0 Å². The van der Waals surface area contributed by atoms with Gasteiger partial charge in [-0.05, 0) is 71.0 Å². The molecule has 0 fully saturated rings. The number of hydrogen-bond acceptors (Lipinski definition) is 3. The summed E-state index contributed by atoms with van der Waals surface area (Å²) >= 11 is 0. The van der Waals surface area contributed by atoms with Gasteiger partial charge in [0.05, 0.1) is 5.70 Å². The van der Waals surface area contributed by atoms with Crippen molar-refractivity contribution in [2.45, 2.75) is 13.8 Å². The first-order valence-electron chi connectivity index (χ1n) is 19.0. The molecule has 0 atom stereocenters. The maximum Gasteiger partial charge on any atom is 0.161 e. The van der Waals surface area contributed by atoms with Crippen LogP contribution in [0, 0.1) is 0 Å². The summed E-state index contributed by atoms with van der Waals surface area (Å²) in [5, 5.41) is 0.917. The zero-order valence-corrected chi connectivity index (χ0v) is 32.1. The van der Waals surface area contributed by atoms with Gasteiger partial charge in [0.25, 0.3) is 0 Å².